The van der Waals surface area contributed by atoms with Gasteiger partial charge in [-0.05, 0) is 42.3 Å². The van der Waals surface area contributed by atoms with Gasteiger partial charge >= 0.3 is 0 Å². The first-order chi connectivity index (χ1) is 11.8. The molecule has 0 fully saturated rings. The highest BCUT2D eigenvalue weighted by Crippen LogP contribution is 2.26. The molecule has 4 aromatic rings. The largest absolute Gasteiger partial charge is 0.325 e. The Bertz CT molecular complexity index is 947. The van der Waals surface area contributed by atoms with Gasteiger partial charge < -0.3 is 5.32 Å². The van der Waals surface area contributed by atoms with E-state index in [2.05, 4.69) is 30.5 Å². The molecule has 0 amide bonds. The van der Waals surface area contributed by atoms with Crippen molar-refractivity contribution in [2.45, 2.75) is 6.92 Å². The van der Waals surface area contributed by atoms with E-state index >= 15 is 0 Å². The second-order valence-corrected chi connectivity index (χ2v) is 6.21. The Hall–Kier alpha value is -3.06. The average Bonchev–Trinajstić information content (AvgIpc) is 3.28. The number of thiazole rings is 1. The van der Waals surface area contributed by atoms with Crippen LogP contribution in [0.4, 0.5) is 11.6 Å². The van der Waals surface area contributed by atoms with Gasteiger partial charge in [-0.1, -0.05) is 0 Å². The fraction of sp³-hybridized carbons (Fsp3) is 0.0588. The molecule has 4 heterocycles. The summed E-state index contributed by atoms with van der Waals surface area (Å²) in [5, 5.41) is 10.1. The molecule has 0 aliphatic heterocycles. The van der Waals surface area contributed by atoms with Crippen LogP contribution in [0.15, 0.2) is 54.6 Å². The Labute approximate surface area is 142 Å². The van der Waals surface area contributed by atoms with Crippen molar-refractivity contribution in [1.29, 1.82) is 0 Å². The van der Waals surface area contributed by atoms with Crippen LogP contribution in [-0.2, 0) is 0 Å². The molecular formula is C17H14N6S. The van der Waals surface area contributed by atoms with Crippen LogP contribution in [0, 0.1) is 6.92 Å². The van der Waals surface area contributed by atoms with Gasteiger partial charge in [0.05, 0.1) is 22.3 Å². The molecule has 24 heavy (non-hydrogen) atoms. The molecule has 2 N–H and O–H groups in total. The number of aromatic nitrogens is 5. The van der Waals surface area contributed by atoms with Crippen molar-refractivity contribution in [2.75, 3.05) is 5.32 Å². The van der Waals surface area contributed by atoms with Crippen LogP contribution in [0.3, 0.4) is 0 Å². The second-order valence-electron chi connectivity index (χ2n) is 5.32. The highest BCUT2D eigenvalue weighted by atomic mass is 32.1. The number of pyridine rings is 2. The number of hydrogen-bond acceptors (Lipinski definition) is 6. The molecule has 0 aliphatic rings. The first-order valence-corrected chi connectivity index (χ1v) is 8.26. The Morgan fingerprint density at radius 2 is 2.04 bits per heavy atom. The quantitative estimate of drug-likeness (QED) is 0.589. The maximum Gasteiger partial charge on any atom is 0.132 e. The van der Waals surface area contributed by atoms with Gasteiger partial charge in [0, 0.05) is 24.2 Å². The zero-order valence-electron chi connectivity index (χ0n) is 12.9. The van der Waals surface area contributed by atoms with Crippen molar-refractivity contribution in [2.24, 2.45) is 0 Å². The fourth-order valence-electron chi connectivity index (χ4n) is 2.42. The molecule has 0 unspecified atom stereocenters. The lowest BCUT2D eigenvalue weighted by Crippen LogP contribution is -1.98. The van der Waals surface area contributed by atoms with Crippen LogP contribution in [0.5, 0.6) is 0 Å². The minimum Gasteiger partial charge on any atom is -0.325 e. The second kappa shape index (κ2) is 6.21. The molecule has 0 aliphatic carbocycles. The van der Waals surface area contributed by atoms with Gasteiger partial charge in [0.2, 0.25) is 0 Å². The van der Waals surface area contributed by atoms with Crippen LogP contribution >= 0.6 is 11.3 Å². The van der Waals surface area contributed by atoms with Crippen LogP contribution < -0.4 is 5.32 Å². The number of nitrogens with one attached hydrogen (secondary N) is 2. The summed E-state index contributed by atoms with van der Waals surface area (Å²) < 4.78 is 0. The standard InChI is InChI=1S/C17H14N6S/c1-11-4-14(15-9-18-10-24-15)22-17(5-11)23-16-6-12(2-3-19-16)13-7-20-21-8-13/h2-10H,1H3,(H,20,21)(H,19,22,23). The zero-order valence-corrected chi connectivity index (χ0v) is 13.7. The highest BCUT2D eigenvalue weighted by Gasteiger charge is 2.07. The molecule has 0 saturated carbocycles. The fourth-order valence-corrected chi connectivity index (χ4v) is 3.00. The lowest BCUT2D eigenvalue weighted by Gasteiger charge is -2.08. The minimum atomic E-state index is 0.738. The SMILES string of the molecule is Cc1cc(Nc2cc(-c3cn[nH]c3)ccn2)nc(-c2cncs2)c1. The summed E-state index contributed by atoms with van der Waals surface area (Å²) in [7, 11) is 0. The Balaban J connectivity index is 1.65. The number of H-pyrrole nitrogens is 1. The molecule has 0 aromatic carbocycles. The Kier molecular flexibility index (Phi) is 3.76. The van der Waals surface area contributed by atoms with E-state index in [9.17, 15) is 0 Å². The number of aromatic amines is 1. The van der Waals surface area contributed by atoms with Gasteiger partial charge in [0.15, 0.2) is 0 Å². The molecule has 6 nitrogen and oxygen atoms in total. The smallest absolute Gasteiger partial charge is 0.132 e. The van der Waals surface area contributed by atoms with Crippen molar-refractivity contribution < 1.29 is 0 Å². The van der Waals surface area contributed by atoms with E-state index in [1.54, 1.807) is 23.7 Å². The molecule has 0 saturated heterocycles. The van der Waals surface area contributed by atoms with E-state index in [-0.39, 0.29) is 0 Å². The molecule has 4 aromatic heterocycles. The molecule has 0 atom stereocenters. The summed E-state index contributed by atoms with van der Waals surface area (Å²) in [5.74, 6) is 1.50. The van der Waals surface area contributed by atoms with Crippen molar-refractivity contribution in [3.63, 3.8) is 0 Å². The maximum absolute atomic E-state index is 4.66. The molecule has 7 heteroatoms. The molecule has 118 valence electrons. The van der Waals surface area contributed by atoms with E-state index in [1.165, 1.54) is 0 Å². The van der Waals surface area contributed by atoms with Gasteiger partial charge in [-0.25, -0.2) is 9.97 Å². The van der Waals surface area contributed by atoms with E-state index in [1.807, 2.05) is 49.1 Å². The summed E-state index contributed by atoms with van der Waals surface area (Å²) in [6.45, 7) is 2.05. The Morgan fingerprint density at radius 1 is 1.08 bits per heavy atom. The topological polar surface area (TPSA) is 79.4 Å². The molecule has 0 spiro atoms. The van der Waals surface area contributed by atoms with Crippen molar-refractivity contribution in [1.82, 2.24) is 25.1 Å². The van der Waals surface area contributed by atoms with Gasteiger partial charge in [-0.3, -0.25) is 10.1 Å². The van der Waals surface area contributed by atoms with Gasteiger partial charge in [0.1, 0.15) is 11.6 Å². The number of rotatable bonds is 4. The molecular weight excluding hydrogens is 320 g/mol. The third kappa shape index (κ3) is 3.02. The summed E-state index contributed by atoms with van der Waals surface area (Å²) in [4.78, 5) is 14.2. The summed E-state index contributed by atoms with van der Waals surface area (Å²) in [5.41, 5.74) is 5.90. The summed E-state index contributed by atoms with van der Waals surface area (Å²) in [6, 6.07) is 7.97. The average molecular weight is 334 g/mol. The van der Waals surface area contributed by atoms with Crippen molar-refractivity contribution in [3.8, 4) is 21.7 Å². The monoisotopic (exact) mass is 334 g/mol. The maximum atomic E-state index is 4.66. The van der Waals surface area contributed by atoms with Crippen molar-refractivity contribution >= 4 is 23.0 Å². The van der Waals surface area contributed by atoms with Crippen LogP contribution in [0.1, 0.15) is 5.56 Å². The van der Waals surface area contributed by atoms with Crippen LogP contribution in [0.2, 0.25) is 0 Å². The van der Waals surface area contributed by atoms with Gasteiger partial charge in [-0.2, -0.15) is 5.10 Å². The van der Waals surface area contributed by atoms with E-state index in [4.69, 9.17) is 0 Å². The molecule has 0 radical (unpaired) electrons. The Morgan fingerprint density at radius 3 is 2.83 bits per heavy atom. The van der Waals surface area contributed by atoms with Crippen molar-refractivity contribution in [3.05, 3.63) is 60.1 Å². The minimum absolute atomic E-state index is 0.738. The van der Waals surface area contributed by atoms with Gasteiger partial charge in [-0.15, -0.1) is 11.3 Å². The van der Waals surface area contributed by atoms with E-state index < -0.39 is 0 Å². The lowest BCUT2D eigenvalue weighted by molar-refractivity contribution is 1.09. The number of aryl methyl sites for hydroxylation is 1. The summed E-state index contributed by atoms with van der Waals surface area (Å²) >= 11 is 1.57. The lowest BCUT2D eigenvalue weighted by atomic mass is 10.1. The first-order valence-electron chi connectivity index (χ1n) is 7.38. The van der Waals surface area contributed by atoms with E-state index in [0.29, 0.717) is 0 Å². The number of nitrogens with zero attached hydrogens (tertiary/aromatic N) is 4. The molecule has 0 bridgehead atoms. The van der Waals surface area contributed by atoms with Crippen LogP contribution in [0.25, 0.3) is 21.7 Å². The number of hydrogen-bond donors (Lipinski definition) is 2. The normalized spacial score (nSPS) is 10.7. The third-order valence-electron chi connectivity index (χ3n) is 3.50. The third-order valence-corrected chi connectivity index (χ3v) is 4.30. The predicted octanol–water partition coefficient (Wildman–Crippen LogP) is 4.04. The zero-order chi connectivity index (χ0) is 16.4. The number of anilines is 2. The molecule has 4 rings (SSSR count). The van der Waals surface area contributed by atoms with E-state index in [0.717, 1.165) is 38.9 Å². The highest BCUT2D eigenvalue weighted by molar-refractivity contribution is 7.13. The van der Waals surface area contributed by atoms with Gasteiger partial charge in [0.25, 0.3) is 0 Å². The predicted molar refractivity (Wildman–Crippen MR) is 95.2 cm³/mol. The summed E-state index contributed by atoms with van der Waals surface area (Å²) in [6.07, 6.45) is 7.23. The first kappa shape index (κ1) is 14.5. The van der Waals surface area contributed by atoms with Crippen LogP contribution in [-0.4, -0.2) is 25.1 Å².